The van der Waals surface area contributed by atoms with E-state index in [-0.39, 0.29) is 36.0 Å². The Labute approximate surface area is 220 Å². The van der Waals surface area contributed by atoms with Crippen molar-refractivity contribution in [3.63, 3.8) is 0 Å². The van der Waals surface area contributed by atoms with Crippen LogP contribution in [0.2, 0.25) is 0 Å². The van der Waals surface area contributed by atoms with E-state index in [4.69, 9.17) is 4.98 Å². The molecule has 1 unspecified atom stereocenters. The van der Waals surface area contributed by atoms with E-state index in [9.17, 15) is 4.39 Å². The van der Waals surface area contributed by atoms with E-state index < -0.39 is 0 Å². The molecule has 3 aliphatic heterocycles. The van der Waals surface area contributed by atoms with Crippen molar-refractivity contribution in [2.45, 2.75) is 75.4 Å². The first-order valence-electron chi connectivity index (χ1n) is 12.8. The molecule has 3 atom stereocenters. The van der Waals surface area contributed by atoms with Gasteiger partial charge in [-0.15, -0.1) is 24.8 Å². The normalized spacial score (nSPS) is 25.7. The van der Waals surface area contributed by atoms with Gasteiger partial charge in [-0.1, -0.05) is 24.3 Å². The number of hydrogen-bond acceptors (Lipinski definition) is 3. The SMILES string of the molecule is Cc1nc2ccccc2n1C1C[C@H]2CC[C@@H](C1)N2CCC1(c2cccc(F)c2)CCNCC1.Cl.Cl. The lowest BCUT2D eigenvalue weighted by Gasteiger charge is -2.44. The second-order valence-corrected chi connectivity index (χ2v) is 10.6. The van der Waals surface area contributed by atoms with Gasteiger partial charge in [0.25, 0.3) is 0 Å². The molecular weight excluding hydrogens is 482 g/mol. The van der Waals surface area contributed by atoms with E-state index >= 15 is 0 Å². The molecule has 0 amide bonds. The van der Waals surface area contributed by atoms with Crippen molar-refractivity contribution in [3.05, 3.63) is 65.7 Å². The highest BCUT2D eigenvalue weighted by Crippen LogP contribution is 2.44. The maximum atomic E-state index is 14.1. The molecule has 4 heterocycles. The number of aryl methyl sites for hydroxylation is 1. The average Bonchev–Trinajstić information content (AvgIpc) is 3.29. The van der Waals surface area contributed by atoms with Crippen LogP contribution in [0.4, 0.5) is 4.39 Å². The molecule has 3 fully saturated rings. The van der Waals surface area contributed by atoms with Gasteiger partial charge in [-0.05, 0) is 107 Å². The molecule has 6 rings (SSSR count). The van der Waals surface area contributed by atoms with Crippen LogP contribution < -0.4 is 5.32 Å². The quantitative estimate of drug-likeness (QED) is 0.435. The molecule has 1 N–H and O–H groups in total. The van der Waals surface area contributed by atoms with Gasteiger partial charge in [0.05, 0.1) is 11.0 Å². The van der Waals surface area contributed by atoms with Crippen molar-refractivity contribution in [2.75, 3.05) is 19.6 Å². The number of piperidine rings is 2. The summed E-state index contributed by atoms with van der Waals surface area (Å²) in [7, 11) is 0. The van der Waals surface area contributed by atoms with E-state index in [0.717, 1.165) is 50.2 Å². The molecule has 0 aliphatic carbocycles. The van der Waals surface area contributed by atoms with E-state index in [0.29, 0.717) is 18.1 Å². The van der Waals surface area contributed by atoms with Crippen LogP contribution in [-0.4, -0.2) is 46.2 Å². The number of imidazole rings is 1. The lowest BCUT2D eigenvalue weighted by atomic mass is 9.70. The van der Waals surface area contributed by atoms with E-state index in [2.05, 4.69) is 52.0 Å². The van der Waals surface area contributed by atoms with Crippen LogP contribution in [0, 0.1) is 12.7 Å². The molecule has 2 aromatic carbocycles. The van der Waals surface area contributed by atoms with Crippen LogP contribution >= 0.6 is 24.8 Å². The Morgan fingerprint density at radius 1 is 0.971 bits per heavy atom. The molecule has 190 valence electrons. The molecule has 35 heavy (non-hydrogen) atoms. The fourth-order valence-electron chi connectivity index (χ4n) is 7.20. The molecule has 1 aromatic heterocycles. The first-order valence-corrected chi connectivity index (χ1v) is 12.8. The topological polar surface area (TPSA) is 33.1 Å². The zero-order valence-corrected chi connectivity index (χ0v) is 22.1. The standard InChI is InChI=1S/C28H35FN4.2ClH/c1-20-31-26-7-2-3-8-27(26)33(20)25-18-23-9-10-24(19-25)32(23)16-13-28(11-14-30-15-12-28)21-5-4-6-22(29)17-21;;/h2-8,17,23-25,30H,9-16,18-19H2,1H3;2*1H/t23-,24+,25?;;. The molecule has 3 aromatic rings. The fourth-order valence-corrected chi connectivity index (χ4v) is 7.20. The average molecular weight is 520 g/mol. The van der Waals surface area contributed by atoms with Crippen molar-refractivity contribution in [2.24, 2.45) is 0 Å². The maximum absolute atomic E-state index is 14.1. The molecule has 0 saturated carbocycles. The van der Waals surface area contributed by atoms with Crippen molar-refractivity contribution >= 4 is 35.8 Å². The van der Waals surface area contributed by atoms with Crippen molar-refractivity contribution < 1.29 is 4.39 Å². The van der Waals surface area contributed by atoms with Gasteiger partial charge < -0.3 is 9.88 Å². The van der Waals surface area contributed by atoms with E-state index in [1.807, 2.05) is 6.07 Å². The van der Waals surface area contributed by atoms with E-state index in [1.54, 1.807) is 12.1 Å². The van der Waals surface area contributed by atoms with E-state index in [1.165, 1.54) is 36.8 Å². The Hall–Kier alpha value is -1.66. The predicted octanol–water partition coefficient (Wildman–Crippen LogP) is 6.21. The van der Waals surface area contributed by atoms with Crippen LogP contribution in [0.1, 0.15) is 62.4 Å². The number of halogens is 3. The third kappa shape index (κ3) is 4.85. The van der Waals surface area contributed by atoms with Crippen molar-refractivity contribution in [1.29, 1.82) is 0 Å². The number of hydrogen-bond donors (Lipinski definition) is 1. The minimum Gasteiger partial charge on any atom is -0.325 e. The zero-order valence-electron chi connectivity index (χ0n) is 20.5. The van der Waals surface area contributed by atoms with Crippen LogP contribution in [0.15, 0.2) is 48.5 Å². The molecule has 3 saturated heterocycles. The second-order valence-electron chi connectivity index (χ2n) is 10.6. The summed E-state index contributed by atoms with van der Waals surface area (Å²) in [5.41, 5.74) is 3.70. The molecule has 0 spiro atoms. The Kier molecular flexibility index (Phi) is 8.12. The summed E-state index contributed by atoms with van der Waals surface area (Å²) in [4.78, 5) is 7.65. The van der Waals surface area contributed by atoms with Gasteiger partial charge in [-0.2, -0.15) is 0 Å². The number of aromatic nitrogens is 2. The number of benzene rings is 2. The highest BCUT2D eigenvalue weighted by atomic mass is 35.5. The van der Waals surface area contributed by atoms with Gasteiger partial charge in [0.2, 0.25) is 0 Å². The highest BCUT2D eigenvalue weighted by molar-refractivity contribution is 5.85. The monoisotopic (exact) mass is 518 g/mol. The largest absolute Gasteiger partial charge is 0.325 e. The molecule has 7 heteroatoms. The maximum Gasteiger partial charge on any atom is 0.123 e. The minimum atomic E-state index is -0.103. The summed E-state index contributed by atoms with van der Waals surface area (Å²) < 4.78 is 16.6. The summed E-state index contributed by atoms with van der Waals surface area (Å²) in [6, 6.07) is 17.8. The molecule has 4 nitrogen and oxygen atoms in total. The summed E-state index contributed by atoms with van der Waals surface area (Å²) in [6.07, 6.45) is 8.37. The summed E-state index contributed by atoms with van der Waals surface area (Å²) in [5, 5.41) is 3.52. The van der Waals surface area contributed by atoms with Gasteiger partial charge in [0, 0.05) is 18.1 Å². The lowest BCUT2D eigenvalue weighted by Crippen LogP contribution is -2.47. The Bertz CT molecular complexity index is 1130. The minimum absolute atomic E-state index is 0. The first kappa shape index (κ1) is 26.4. The molecular formula is C28H37Cl2FN4. The van der Waals surface area contributed by atoms with Crippen LogP contribution in [-0.2, 0) is 5.41 Å². The van der Waals surface area contributed by atoms with Crippen LogP contribution in [0.25, 0.3) is 11.0 Å². The Balaban J connectivity index is 0.00000144. The van der Waals surface area contributed by atoms with Gasteiger partial charge in [0.1, 0.15) is 11.6 Å². The molecule has 3 aliphatic rings. The summed E-state index contributed by atoms with van der Waals surface area (Å²) in [6.45, 7) is 5.34. The predicted molar refractivity (Wildman–Crippen MR) is 146 cm³/mol. The number of fused-ring (bicyclic) bond motifs is 3. The number of nitrogens with one attached hydrogen (secondary N) is 1. The number of rotatable bonds is 5. The number of nitrogens with zero attached hydrogens (tertiary/aromatic N) is 3. The Morgan fingerprint density at radius 3 is 2.40 bits per heavy atom. The fraction of sp³-hybridized carbons (Fsp3) is 0.536. The highest BCUT2D eigenvalue weighted by Gasteiger charge is 2.43. The van der Waals surface area contributed by atoms with Crippen molar-refractivity contribution in [1.82, 2.24) is 19.8 Å². The smallest absolute Gasteiger partial charge is 0.123 e. The van der Waals surface area contributed by atoms with Gasteiger partial charge >= 0.3 is 0 Å². The lowest BCUT2D eigenvalue weighted by molar-refractivity contribution is 0.0928. The van der Waals surface area contributed by atoms with Gasteiger partial charge in [-0.3, -0.25) is 4.90 Å². The zero-order chi connectivity index (χ0) is 22.4. The third-order valence-corrected chi connectivity index (χ3v) is 8.84. The second kappa shape index (κ2) is 10.8. The van der Waals surface area contributed by atoms with Crippen LogP contribution in [0.3, 0.4) is 0 Å². The molecule has 2 bridgehead atoms. The molecule has 0 radical (unpaired) electrons. The Morgan fingerprint density at radius 2 is 1.69 bits per heavy atom. The first-order chi connectivity index (χ1) is 16.1. The summed E-state index contributed by atoms with van der Waals surface area (Å²) in [5.74, 6) is 1.04. The number of para-hydroxylation sites is 2. The van der Waals surface area contributed by atoms with Crippen LogP contribution in [0.5, 0.6) is 0 Å². The summed E-state index contributed by atoms with van der Waals surface area (Å²) >= 11 is 0. The van der Waals surface area contributed by atoms with Gasteiger partial charge in [0.15, 0.2) is 0 Å². The van der Waals surface area contributed by atoms with Crippen molar-refractivity contribution in [3.8, 4) is 0 Å². The van der Waals surface area contributed by atoms with Gasteiger partial charge in [-0.25, -0.2) is 9.37 Å². The third-order valence-electron chi connectivity index (χ3n) is 8.84.